The minimum Gasteiger partial charge on any atom is -0.474 e. The highest BCUT2D eigenvalue weighted by atomic mass is 35.5. The zero-order chi connectivity index (χ0) is 17.9. The Morgan fingerprint density at radius 1 is 1.33 bits per heavy atom. The number of nitro benzene ring substituents is 1. The fourth-order valence-corrected chi connectivity index (χ4v) is 2.10. The van der Waals surface area contributed by atoms with Crippen molar-refractivity contribution < 1.29 is 18.8 Å². The van der Waals surface area contributed by atoms with Gasteiger partial charge in [0.05, 0.1) is 10.6 Å². The van der Waals surface area contributed by atoms with Crippen LogP contribution in [-0.2, 0) is 4.79 Å². The largest absolute Gasteiger partial charge is 0.474 e. The van der Waals surface area contributed by atoms with Crippen LogP contribution in [0, 0.1) is 22.9 Å². The van der Waals surface area contributed by atoms with Gasteiger partial charge >= 0.3 is 5.69 Å². The van der Waals surface area contributed by atoms with Crippen molar-refractivity contribution in [3.05, 3.63) is 62.9 Å². The maximum absolute atomic E-state index is 13.7. The molecule has 0 aliphatic heterocycles. The summed E-state index contributed by atoms with van der Waals surface area (Å²) >= 11 is 5.64. The molecule has 0 heterocycles. The van der Waals surface area contributed by atoms with E-state index < -0.39 is 22.8 Å². The van der Waals surface area contributed by atoms with Crippen molar-refractivity contribution in [2.75, 3.05) is 5.32 Å². The van der Waals surface area contributed by atoms with Gasteiger partial charge in [-0.2, -0.15) is 0 Å². The van der Waals surface area contributed by atoms with Gasteiger partial charge in [-0.05, 0) is 43.7 Å². The van der Waals surface area contributed by atoms with E-state index >= 15 is 0 Å². The van der Waals surface area contributed by atoms with Gasteiger partial charge in [0, 0.05) is 11.1 Å². The number of hydrogen-bond acceptors (Lipinski definition) is 4. The number of carbonyl (C=O) groups is 1. The first-order chi connectivity index (χ1) is 11.3. The lowest BCUT2D eigenvalue weighted by Gasteiger charge is -2.15. The quantitative estimate of drug-likeness (QED) is 0.648. The smallest absolute Gasteiger partial charge is 0.311 e. The molecule has 0 aliphatic rings. The summed E-state index contributed by atoms with van der Waals surface area (Å²) < 4.78 is 19.0. The van der Waals surface area contributed by atoms with E-state index in [-0.39, 0.29) is 22.1 Å². The van der Waals surface area contributed by atoms with Gasteiger partial charge in [0.2, 0.25) is 0 Å². The number of nitrogens with zero attached hydrogens (tertiary/aromatic N) is 1. The standard InChI is InChI=1S/C16H14ClFN2O4/c1-9-3-6-15(14(7-9)20(22)23)24-10(2)16(21)19-13-5-4-11(17)8-12(13)18/h3-8,10H,1-2H3,(H,19,21). The maximum Gasteiger partial charge on any atom is 0.311 e. The van der Waals surface area contributed by atoms with E-state index in [1.807, 2.05) is 0 Å². The predicted molar refractivity (Wildman–Crippen MR) is 88.0 cm³/mol. The Morgan fingerprint density at radius 2 is 2.04 bits per heavy atom. The second-order valence-electron chi connectivity index (χ2n) is 5.10. The number of benzene rings is 2. The van der Waals surface area contributed by atoms with Crippen molar-refractivity contribution in [1.82, 2.24) is 0 Å². The Hall–Kier alpha value is -2.67. The Kier molecular flexibility index (Phi) is 5.35. The second-order valence-corrected chi connectivity index (χ2v) is 5.54. The zero-order valence-corrected chi connectivity index (χ0v) is 13.6. The van der Waals surface area contributed by atoms with Crippen LogP contribution in [0.3, 0.4) is 0 Å². The molecule has 6 nitrogen and oxygen atoms in total. The molecule has 0 aromatic heterocycles. The van der Waals surface area contributed by atoms with E-state index in [4.69, 9.17) is 16.3 Å². The van der Waals surface area contributed by atoms with Gasteiger partial charge in [0.1, 0.15) is 5.82 Å². The van der Waals surface area contributed by atoms with Gasteiger partial charge in [0.25, 0.3) is 5.91 Å². The molecule has 1 atom stereocenters. The van der Waals surface area contributed by atoms with Crippen molar-refractivity contribution in [2.45, 2.75) is 20.0 Å². The third-order valence-corrected chi connectivity index (χ3v) is 3.41. The van der Waals surface area contributed by atoms with Crippen LogP contribution in [0.15, 0.2) is 36.4 Å². The molecule has 2 rings (SSSR count). The summed E-state index contributed by atoms with van der Waals surface area (Å²) in [5, 5.41) is 13.6. The molecule has 0 radical (unpaired) electrons. The lowest BCUT2D eigenvalue weighted by Crippen LogP contribution is -2.30. The van der Waals surface area contributed by atoms with Crippen molar-refractivity contribution >= 4 is 28.9 Å². The van der Waals surface area contributed by atoms with Crippen molar-refractivity contribution in [1.29, 1.82) is 0 Å². The number of nitrogens with one attached hydrogen (secondary N) is 1. The highest BCUT2D eigenvalue weighted by Gasteiger charge is 2.22. The highest BCUT2D eigenvalue weighted by molar-refractivity contribution is 6.30. The highest BCUT2D eigenvalue weighted by Crippen LogP contribution is 2.29. The van der Waals surface area contributed by atoms with Gasteiger partial charge < -0.3 is 10.1 Å². The van der Waals surface area contributed by atoms with Crippen molar-refractivity contribution in [2.24, 2.45) is 0 Å². The van der Waals surface area contributed by atoms with Crippen LogP contribution in [0.25, 0.3) is 0 Å². The maximum atomic E-state index is 13.7. The van der Waals surface area contributed by atoms with Crippen LogP contribution in [0.4, 0.5) is 15.8 Å². The van der Waals surface area contributed by atoms with Gasteiger partial charge in [-0.15, -0.1) is 0 Å². The Bertz CT molecular complexity index is 798. The molecule has 1 N–H and O–H groups in total. The summed E-state index contributed by atoms with van der Waals surface area (Å²) in [7, 11) is 0. The Morgan fingerprint density at radius 3 is 2.67 bits per heavy atom. The molecule has 0 saturated heterocycles. The van der Waals surface area contributed by atoms with Crippen LogP contribution in [0.2, 0.25) is 5.02 Å². The van der Waals surface area contributed by atoms with Crippen LogP contribution < -0.4 is 10.1 Å². The molecule has 1 amide bonds. The minimum atomic E-state index is -1.07. The van der Waals surface area contributed by atoms with Gasteiger partial charge in [-0.1, -0.05) is 17.7 Å². The van der Waals surface area contributed by atoms with Crippen molar-refractivity contribution in [3.63, 3.8) is 0 Å². The van der Waals surface area contributed by atoms with E-state index in [0.29, 0.717) is 5.56 Å². The molecule has 0 saturated carbocycles. The third-order valence-electron chi connectivity index (χ3n) is 3.17. The van der Waals surface area contributed by atoms with Crippen LogP contribution >= 0.6 is 11.6 Å². The molecule has 0 fully saturated rings. The van der Waals surface area contributed by atoms with Crippen LogP contribution in [-0.4, -0.2) is 16.9 Å². The molecule has 24 heavy (non-hydrogen) atoms. The van der Waals surface area contributed by atoms with Gasteiger partial charge in [0.15, 0.2) is 11.9 Å². The Balaban J connectivity index is 2.13. The average molecular weight is 353 g/mol. The monoisotopic (exact) mass is 352 g/mol. The molecule has 2 aromatic carbocycles. The van der Waals surface area contributed by atoms with Gasteiger partial charge in [-0.25, -0.2) is 4.39 Å². The number of aryl methyl sites for hydroxylation is 1. The first-order valence-corrected chi connectivity index (χ1v) is 7.33. The fourth-order valence-electron chi connectivity index (χ4n) is 1.94. The van der Waals surface area contributed by atoms with E-state index in [1.54, 1.807) is 13.0 Å². The molecule has 0 spiro atoms. The summed E-state index contributed by atoms with van der Waals surface area (Å²) in [6, 6.07) is 8.20. The number of anilines is 1. The summed E-state index contributed by atoms with van der Waals surface area (Å²) in [4.78, 5) is 22.6. The predicted octanol–water partition coefficient (Wildman–Crippen LogP) is 4.10. The molecule has 2 aromatic rings. The first kappa shape index (κ1) is 17.7. The number of amides is 1. The molecular formula is C16H14ClFN2O4. The zero-order valence-electron chi connectivity index (χ0n) is 12.9. The van der Waals surface area contributed by atoms with E-state index in [9.17, 15) is 19.3 Å². The number of nitro groups is 1. The number of hydrogen-bond donors (Lipinski definition) is 1. The normalized spacial score (nSPS) is 11.7. The topological polar surface area (TPSA) is 81.5 Å². The molecule has 126 valence electrons. The third kappa shape index (κ3) is 4.20. The molecule has 0 aliphatic carbocycles. The summed E-state index contributed by atoms with van der Waals surface area (Å²) in [5.41, 5.74) is 0.389. The number of halogens is 2. The van der Waals surface area contributed by atoms with Crippen LogP contribution in [0.1, 0.15) is 12.5 Å². The second kappa shape index (κ2) is 7.27. The molecular weight excluding hydrogens is 339 g/mol. The molecule has 1 unspecified atom stereocenters. The summed E-state index contributed by atoms with van der Waals surface area (Å²) in [6.07, 6.45) is -1.07. The number of carbonyl (C=O) groups excluding carboxylic acids is 1. The summed E-state index contributed by atoms with van der Waals surface area (Å²) in [5.74, 6) is -1.37. The minimum absolute atomic E-state index is 0.0372. The molecule has 0 bridgehead atoms. The lowest BCUT2D eigenvalue weighted by molar-refractivity contribution is -0.386. The number of rotatable bonds is 5. The van der Waals surface area contributed by atoms with Gasteiger partial charge in [-0.3, -0.25) is 14.9 Å². The van der Waals surface area contributed by atoms with Crippen molar-refractivity contribution in [3.8, 4) is 5.75 Å². The lowest BCUT2D eigenvalue weighted by atomic mass is 10.2. The number of ether oxygens (including phenoxy) is 1. The molecule has 8 heteroatoms. The summed E-state index contributed by atoms with van der Waals surface area (Å²) in [6.45, 7) is 3.11. The SMILES string of the molecule is Cc1ccc(OC(C)C(=O)Nc2ccc(Cl)cc2F)c([N+](=O)[O-])c1. The van der Waals surface area contributed by atoms with E-state index in [2.05, 4.69) is 5.32 Å². The van der Waals surface area contributed by atoms with E-state index in [0.717, 1.165) is 6.07 Å². The average Bonchev–Trinajstić information content (AvgIpc) is 2.51. The first-order valence-electron chi connectivity index (χ1n) is 6.95. The Labute approximate surface area is 142 Å². The van der Waals surface area contributed by atoms with E-state index in [1.165, 1.54) is 31.2 Å². The van der Waals surface area contributed by atoms with Crippen LogP contribution in [0.5, 0.6) is 5.75 Å². The fraction of sp³-hybridized carbons (Fsp3) is 0.188.